The van der Waals surface area contributed by atoms with Gasteiger partial charge in [-0.15, -0.1) is 0 Å². The Morgan fingerprint density at radius 1 is 0.900 bits per heavy atom. The zero-order valence-corrected chi connectivity index (χ0v) is 17.9. The molecule has 0 N–H and O–H groups in total. The predicted octanol–water partition coefficient (Wildman–Crippen LogP) is 6.25. The SMILES string of the molecule is CCC[CH2][Sn]([CH2]CCC)([CH2]CCC)[O]C(=O)C(Cl)(Cl)Cl. The van der Waals surface area contributed by atoms with Crippen molar-refractivity contribution in [2.24, 2.45) is 0 Å². The van der Waals surface area contributed by atoms with Gasteiger partial charge < -0.3 is 0 Å². The number of carbonyl (C=O) groups excluding carboxylic acids is 1. The molecule has 6 heteroatoms. The number of alkyl halides is 3. The van der Waals surface area contributed by atoms with E-state index in [-0.39, 0.29) is 0 Å². The van der Waals surface area contributed by atoms with Gasteiger partial charge in [-0.3, -0.25) is 0 Å². The van der Waals surface area contributed by atoms with Gasteiger partial charge in [0.05, 0.1) is 0 Å². The van der Waals surface area contributed by atoms with Crippen molar-refractivity contribution in [3.8, 4) is 0 Å². The molecule has 0 fully saturated rings. The second kappa shape index (κ2) is 10.8. The van der Waals surface area contributed by atoms with Gasteiger partial charge in [0.2, 0.25) is 0 Å². The Morgan fingerprint density at radius 3 is 1.50 bits per heavy atom. The number of hydrogen-bond acceptors (Lipinski definition) is 2. The molecule has 0 aromatic heterocycles. The second-order valence-electron chi connectivity index (χ2n) is 5.38. The van der Waals surface area contributed by atoms with Crippen molar-refractivity contribution in [1.29, 1.82) is 0 Å². The normalized spacial score (nSPS) is 12.5. The quantitative estimate of drug-likeness (QED) is 0.290. The maximum atomic E-state index is 12.0. The molecule has 0 radical (unpaired) electrons. The van der Waals surface area contributed by atoms with E-state index in [4.69, 9.17) is 37.9 Å². The Labute approximate surface area is 143 Å². The summed E-state index contributed by atoms with van der Waals surface area (Å²) in [5, 5.41) is 0. The van der Waals surface area contributed by atoms with Crippen LogP contribution in [0.3, 0.4) is 0 Å². The molecule has 20 heavy (non-hydrogen) atoms. The predicted molar refractivity (Wildman–Crippen MR) is 91.3 cm³/mol. The molecule has 0 heterocycles. The number of carbonyl (C=O) groups is 1. The monoisotopic (exact) mass is 452 g/mol. The molecule has 0 saturated heterocycles. The van der Waals surface area contributed by atoms with E-state index >= 15 is 0 Å². The molecule has 0 saturated carbocycles. The fourth-order valence-electron chi connectivity index (χ4n) is 2.28. The van der Waals surface area contributed by atoms with Gasteiger partial charge in [0.25, 0.3) is 0 Å². The van der Waals surface area contributed by atoms with Crippen molar-refractivity contribution < 1.29 is 7.87 Å². The van der Waals surface area contributed by atoms with Gasteiger partial charge in [0.15, 0.2) is 0 Å². The summed E-state index contributed by atoms with van der Waals surface area (Å²) in [5.41, 5.74) is 0. The molecule has 0 aliphatic heterocycles. The molecule has 0 aromatic carbocycles. The van der Waals surface area contributed by atoms with E-state index in [2.05, 4.69) is 20.8 Å². The number of hydrogen-bond donors (Lipinski definition) is 0. The molecule has 0 aliphatic rings. The number of unbranched alkanes of at least 4 members (excludes halogenated alkanes) is 3. The van der Waals surface area contributed by atoms with Crippen LogP contribution in [-0.2, 0) is 7.87 Å². The molecule has 2 nitrogen and oxygen atoms in total. The molecule has 0 unspecified atom stereocenters. The van der Waals surface area contributed by atoms with Gasteiger partial charge in [0.1, 0.15) is 0 Å². The van der Waals surface area contributed by atoms with Crippen LogP contribution in [0.1, 0.15) is 59.3 Å². The van der Waals surface area contributed by atoms with E-state index in [1.54, 1.807) is 0 Å². The van der Waals surface area contributed by atoms with Gasteiger partial charge in [-0.1, -0.05) is 0 Å². The van der Waals surface area contributed by atoms with Crippen molar-refractivity contribution in [2.75, 3.05) is 0 Å². The van der Waals surface area contributed by atoms with E-state index in [1.165, 1.54) is 0 Å². The van der Waals surface area contributed by atoms with E-state index in [1.807, 2.05) is 0 Å². The molecule has 0 atom stereocenters. The van der Waals surface area contributed by atoms with Crippen LogP contribution in [0.25, 0.3) is 0 Å². The third kappa shape index (κ3) is 8.55. The summed E-state index contributed by atoms with van der Waals surface area (Å²) in [7, 11) is 0. The van der Waals surface area contributed by atoms with Crippen molar-refractivity contribution in [1.82, 2.24) is 0 Å². The molecule has 0 aliphatic carbocycles. The van der Waals surface area contributed by atoms with E-state index in [9.17, 15) is 4.79 Å². The average Bonchev–Trinajstić information content (AvgIpc) is 2.39. The molecule has 0 aromatic rings. The Kier molecular flexibility index (Phi) is 11.4. The summed E-state index contributed by atoms with van der Waals surface area (Å²) in [6.45, 7) is 6.48. The Bertz CT molecular complexity index is 258. The standard InChI is InChI=1S/3C4H9.C2HCl3O2.Sn/c3*1-3-4-2;3-2(4,5)1(6)7;/h3*1,3-4H2,2H3;(H,6,7);/q;;;;+1/p-1. The Balaban J connectivity index is 4.97. The third-order valence-corrected chi connectivity index (χ3v) is 16.6. The van der Waals surface area contributed by atoms with Gasteiger partial charge >= 0.3 is 144 Å². The summed E-state index contributed by atoms with van der Waals surface area (Å²) in [6, 6.07) is 0. The first-order chi connectivity index (χ1) is 9.31. The van der Waals surface area contributed by atoms with Crippen LogP contribution in [-0.4, -0.2) is 28.6 Å². The summed E-state index contributed by atoms with van der Waals surface area (Å²) in [6.07, 6.45) is 6.66. The minimum absolute atomic E-state index is 0.651. The summed E-state index contributed by atoms with van der Waals surface area (Å²) in [4.78, 5) is 12.0. The van der Waals surface area contributed by atoms with E-state index in [0.717, 1.165) is 51.8 Å². The first kappa shape index (κ1) is 21.1. The van der Waals surface area contributed by atoms with Crippen LogP contribution >= 0.6 is 34.8 Å². The molecule has 0 bridgehead atoms. The van der Waals surface area contributed by atoms with Crippen molar-refractivity contribution in [3.05, 3.63) is 0 Å². The second-order valence-corrected chi connectivity index (χ2v) is 19.3. The van der Waals surface area contributed by atoms with Crippen LogP contribution in [0.15, 0.2) is 0 Å². The summed E-state index contributed by atoms with van der Waals surface area (Å²) in [5.74, 6) is -0.651. The first-order valence-corrected chi connectivity index (χ1v) is 16.0. The zero-order valence-electron chi connectivity index (χ0n) is 12.8. The van der Waals surface area contributed by atoms with Crippen molar-refractivity contribution >= 4 is 59.6 Å². The summed E-state index contributed by atoms with van der Waals surface area (Å²) < 4.78 is 7.11. The molecule has 120 valence electrons. The maximum absolute atomic E-state index is 12.0. The zero-order chi connectivity index (χ0) is 15.6. The Morgan fingerprint density at radius 2 is 1.25 bits per heavy atom. The Hall–Kier alpha value is 1.14. The number of rotatable bonds is 10. The summed E-state index contributed by atoms with van der Waals surface area (Å²) >= 11 is 14.1. The van der Waals surface area contributed by atoms with E-state index < -0.39 is 28.6 Å². The molecular weight excluding hydrogens is 425 g/mol. The fourth-order valence-corrected chi connectivity index (χ4v) is 16.1. The molecular formula is C14H27Cl3O2Sn. The molecule has 0 spiro atoms. The van der Waals surface area contributed by atoms with Gasteiger partial charge in [0, 0.05) is 0 Å². The van der Waals surface area contributed by atoms with Crippen LogP contribution in [0.4, 0.5) is 0 Å². The van der Waals surface area contributed by atoms with Crippen LogP contribution in [0.5, 0.6) is 0 Å². The topological polar surface area (TPSA) is 26.3 Å². The van der Waals surface area contributed by atoms with E-state index in [0.29, 0.717) is 0 Å². The molecule has 0 amide bonds. The van der Waals surface area contributed by atoms with Crippen molar-refractivity contribution in [3.63, 3.8) is 0 Å². The first-order valence-electron chi connectivity index (χ1n) is 7.61. The fraction of sp³-hybridized carbons (Fsp3) is 0.929. The van der Waals surface area contributed by atoms with Crippen LogP contribution in [0.2, 0.25) is 13.3 Å². The van der Waals surface area contributed by atoms with Crippen molar-refractivity contribution in [2.45, 2.75) is 76.4 Å². The molecule has 0 rings (SSSR count). The van der Waals surface area contributed by atoms with Gasteiger partial charge in [-0.25, -0.2) is 0 Å². The minimum atomic E-state index is -2.99. The van der Waals surface area contributed by atoms with Crippen LogP contribution < -0.4 is 0 Å². The van der Waals surface area contributed by atoms with Gasteiger partial charge in [-0.2, -0.15) is 0 Å². The average molecular weight is 452 g/mol. The number of halogens is 3. The van der Waals surface area contributed by atoms with Crippen LogP contribution in [0, 0.1) is 0 Å². The van der Waals surface area contributed by atoms with Gasteiger partial charge in [-0.05, 0) is 0 Å². The third-order valence-electron chi connectivity index (χ3n) is 3.50.